The lowest BCUT2D eigenvalue weighted by atomic mass is 9.94. The zero-order valence-corrected chi connectivity index (χ0v) is 25.2. The smallest absolute Gasteiger partial charge is 0.243 e. The molecule has 0 saturated carbocycles. The molecule has 3 aliphatic heterocycles. The van der Waals surface area contributed by atoms with Crippen molar-refractivity contribution in [3.8, 4) is 22.3 Å². The Kier molecular flexibility index (Phi) is 7.83. The van der Waals surface area contributed by atoms with E-state index in [1.165, 1.54) is 8.61 Å². The molecule has 0 amide bonds. The van der Waals surface area contributed by atoms with Crippen LogP contribution in [0.4, 0.5) is 5.69 Å². The van der Waals surface area contributed by atoms with Crippen LogP contribution < -0.4 is 11.1 Å². The summed E-state index contributed by atoms with van der Waals surface area (Å²) in [6, 6.07) is 17.1. The third kappa shape index (κ3) is 5.57. The zero-order chi connectivity index (χ0) is 29.5. The molecule has 3 aromatic rings. The number of rotatable bonds is 7. The number of aliphatic imine (C=N–C) groups is 2. The van der Waals surface area contributed by atoms with E-state index in [1.807, 2.05) is 6.07 Å². The van der Waals surface area contributed by atoms with E-state index in [-0.39, 0.29) is 9.79 Å². The monoisotopic (exact) mass is 626 g/mol. The number of sulfonamides is 2. The van der Waals surface area contributed by atoms with Crippen LogP contribution in [0, 0.1) is 0 Å². The highest BCUT2D eigenvalue weighted by molar-refractivity contribution is 7.89. The minimum Gasteiger partial charge on any atom is -0.385 e. The molecule has 2 saturated heterocycles. The summed E-state index contributed by atoms with van der Waals surface area (Å²) in [4.78, 5) is 8.93. The van der Waals surface area contributed by atoms with Crippen molar-refractivity contribution in [1.29, 1.82) is 0 Å². The molecule has 3 heterocycles. The summed E-state index contributed by atoms with van der Waals surface area (Å²) in [7, 11) is -7.14. The Labute approximate surface area is 251 Å². The van der Waals surface area contributed by atoms with Crippen molar-refractivity contribution in [2.24, 2.45) is 15.7 Å². The van der Waals surface area contributed by atoms with E-state index >= 15 is 0 Å². The third-order valence-corrected chi connectivity index (χ3v) is 11.8. The van der Waals surface area contributed by atoms with Gasteiger partial charge in [0.1, 0.15) is 12.4 Å². The van der Waals surface area contributed by atoms with Crippen molar-refractivity contribution in [2.45, 2.75) is 35.5 Å². The summed E-state index contributed by atoms with van der Waals surface area (Å²) in [5, 5.41) is 3.56. The molecule has 0 unspecified atom stereocenters. The molecule has 0 bridgehead atoms. The van der Waals surface area contributed by atoms with Gasteiger partial charge in [-0.05, 0) is 78.8 Å². The fourth-order valence-electron chi connectivity index (χ4n) is 5.51. The van der Waals surface area contributed by atoms with Gasteiger partial charge in [0, 0.05) is 37.4 Å². The standard InChI is InChI=1S/C29H31ClN6O4S2/c30-26-18-22(33-29-32-19-27(31)34-29)17-25(20-5-9-23(10-6-20)41(37,38)35-13-1-2-14-35)28(26)21-7-11-24(12-8-21)42(39,40)36-15-3-4-16-36/h5-12,17-18H,1-4,13-16,19H2,(H3,31,32,33,34). The topological polar surface area (TPSA) is 138 Å². The Morgan fingerprint density at radius 1 is 0.738 bits per heavy atom. The number of anilines is 1. The van der Waals surface area contributed by atoms with Crippen LogP contribution in [-0.4, -0.2) is 70.0 Å². The third-order valence-electron chi connectivity index (χ3n) is 7.70. The fraction of sp³-hybridized carbons (Fsp3) is 0.310. The molecule has 0 atom stereocenters. The highest BCUT2D eigenvalue weighted by Gasteiger charge is 2.28. The lowest BCUT2D eigenvalue weighted by molar-refractivity contribution is 0.476. The Balaban J connectivity index is 1.40. The van der Waals surface area contributed by atoms with Crippen molar-refractivity contribution in [3.63, 3.8) is 0 Å². The molecular formula is C29H31ClN6O4S2. The first-order chi connectivity index (χ1) is 20.1. The van der Waals surface area contributed by atoms with Gasteiger partial charge >= 0.3 is 0 Å². The molecule has 3 aromatic carbocycles. The first kappa shape index (κ1) is 28.8. The molecule has 0 radical (unpaired) electrons. The summed E-state index contributed by atoms with van der Waals surface area (Å²) in [5.74, 6) is 0.769. The minimum atomic E-state index is -3.57. The van der Waals surface area contributed by atoms with Crippen LogP contribution >= 0.6 is 11.6 Å². The summed E-state index contributed by atoms with van der Waals surface area (Å²) < 4.78 is 55.4. The second kappa shape index (κ2) is 11.4. The summed E-state index contributed by atoms with van der Waals surface area (Å²) >= 11 is 6.89. The Morgan fingerprint density at radius 3 is 1.71 bits per heavy atom. The highest BCUT2D eigenvalue weighted by atomic mass is 35.5. The number of halogens is 1. The quantitative estimate of drug-likeness (QED) is 0.399. The lowest BCUT2D eigenvalue weighted by Gasteiger charge is -2.18. The Hall–Kier alpha value is -3.29. The molecule has 0 aliphatic carbocycles. The molecular weight excluding hydrogens is 596 g/mol. The van der Waals surface area contributed by atoms with Gasteiger partial charge in [-0.15, -0.1) is 0 Å². The normalized spacial score (nSPS) is 18.3. The molecule has 0 spiro atoms. The maximum Gasteiger partial charge on any atom is 0.243 e. The van der Waals surface area contributed by atoms with Gasteiger partial charge in [0.05, 0.1) is 14.8 Å². The number of hydrogen-bond acceptors (Lipinski definition) is 8. The van der Waals surface area contributed by atoms with Gasteiger partial charge in [-0.1, -0.05) is 35.9 Å². The summed E-state index contributed by atoms with van der Waals surface area (Å²) in [5.41, 5.74) is 9.26. The predicted molar refractivity (Wildman–Crippen MR) is 166 cm³/mol. The second-order valence-electron chi connectivity index (χ2n) is 10.5. The van der Waals surface area contributed by atoms with E-state index in [0.717, 1.165) is 42.4 Å². The number of amidine groups is 1. The van der Waals surface area contributed by atoms with Gasteiger partial charge in [-0.2, -0.15) is 13.6 Å². The zero-order valence-electron chi connectivity index (χ0n) is 22.8. The van der Waals surface area contributed by atoms with E-state index < -0.39 is 20.0 Å². The number of hydrogen-bond donors (Lipinski definition) is 2. The van der Waals surface area contributed by atoms with E-state index in [1.54, 1.807) is 54.6 Å². The number of guanidine groups is 1. The van der Waals surface area contributed by atoms with E-state index in [4.69, 9.17) is 17.3 Å². The number of nitrogens with zero attached hydrogens (tertiary/aromatic N) is 4. The average molecular weight is 627 g/mol. The predicted octanol–water partition coefficient (Wildman–Crippen LogP) is 4.38. The van der Waals surface area contributed by atoms with Gasteiger partial charge in [0.2, 0.25) is 26.0 Å². The van der Waals surface area contributed by atoms with Crippen molar-refractivity contribution >= 4 is 49.1 Å². The Morgan fingerprint density at radius 2 is 1.24 bits per heavy atom. The number of benzene rings is 3. The molecule has 6 rings (SSSR count). The van der Waals surface area contributed by atoms with Crippen molar-refractivity contribution < 1.29 is 16.8 Å². The second-order valence-corrected chi connectivity index (χ2v) is 14.8. The van der Waals surface area contributed by atoms with Crippen molar-refractivity contribution in [3.05, 3.63) is 65.7 Å². The molecule has 220 valence electrons. The molecule has 42 heavy (non-hydrogen) atoms. The average Bonchev–Trinajstić information content (AvgIpc) is 3.77. The molecule has 3 aliphatic rings. The molecule has 10 nitrogen and oxygen atoms in total. The van der Waals surface area contributed by atoms with E-state index in [9.17, 15) is 16.8 Å². The summed E-state index contributed by atoms with van der Waals surface area (Å²) in [6.45, 7) is 2.41. The van der Waals surface area contributed by atoms with Crippen LogP contribution in [0.15, 0.2) is 80.4 Å². The van der Waals surface area contributed by atoms with Crippen LogP contribution in [0.2, 0.25) is 5.02 Å². The van der Waals surface area contributed by atoms with Gasteiger partial charge < -0.3 is 11.1 Å². The van der Waals surface area contributed by atoms with Crippen LogP contribution in [0.1, 0.15) is 25.7 Å². The van der Waals surface area contributed by atoms with E-state index in [0.29, 0.717) is 60.8 Å². The molecule has 3 N–H and O–H groups in total. The van der Waals surface area contributed by atoms with Crippen LogP contribution in [0.3, 0.4) is 0 Å². The minimum absolute atomic E-state index is 0.232. The van der Waals surface area contributed by atoms with Crippen molar-refractivity contribution in [1.82, 2.24) is 8.61 Å². The largest absolute Gasteiger partial charge is 0.385 e. The lowest BCUT2D eigenvalue weighted by Crippen LogP contribution is -2.27. The van der Waals surface area contributed by atoms with Gasteiger partial charge in [-0.25, -0.2) is 21.8 Å². The SMILES string of the molecule is NC1=NC(Nc2cc(Cl)c(-c3ccc(S(=O)(=O)N4CCCC4)cc3)c(-c3ccc(S(=O)(=O)N4CCCC4)cc3)c2)=NC1. The van der Waals surface area contributed by atoms with Gasteiger partial charge in [-0.3, -0.25) is 0 Å². The molecule has 0 aromatic heterocycles. The molecule has 13 heteroatoms. The Bertz CT molecular complexity index is 1780. The molecule has 2 fully saturated rings. The maximum atomic E-state index is 13.1. The van der Waals surface area contributed by atoms with E-state index in [2.05, 4.69) is 15.3 Å². The van der Waals surface area contributed by atoms with Gasteiger partial charge in [0.15, 0.2) is 0 Å². The van der Waals surface area contributed by atoms with Crippen molar-refractivity contribution in [2.75, 3.05) is 38.0 Å². The first-order valence-electron chi connectivity index (χ1n) is 13.8. The fourth-order valence-corrected chi connectivity index (χ4v) is 8.88. The van der Waals surface area contributed by atoms with Gasteiger partial charge in [0.25, 0.3) is 0 Å². The highest BCUT2D eigenvalue weighted by Crippen LogP contribution is 2.41. The van der Waals surface area contributed by atoms with Crippen LogP contribution in [0.25, 0.3) is 22.3 Å². The summed E-state index contributed by atoms with van der Waals surface area (Å²) in [6.07, 6.45) is 3.44. The van der Waals surface area contributed by atoms with Crippen LogP contribution in [0.5, 0.6) is 0 Å². The first-order valence-corrected chi connectivity index (χ1v) is 17.1. The number of nitrogens with two attached hydrogens (primary N) is 1. The maximum absolute atomic E-state index is 13.1. The number of nitrogens with one attached hydrogen (secondary N) is 1. The van der Waals surface area contributed by atoms with Crippen LogP contribution in [-0.2, 0) is 20.0 Å².